The first-order valence-electron chi connectivity index (χ1n) is 6.52. The SMILES string of the molecule is CNC(C)CNS(=O)(=O)c1cnc2c(c1)c(=O)[nH]c(=O)n2C.Cl. The lowest BCUT2D eigenvalue weighted by Gasteiger charge is -2.12. The normalized spacial score (nSPS) is 12.8. The molecule has 0 saturated carbocycles. The van der Waals surface area contributed by atoms with Gasteiger partial charge in [0, 0.05) is 25.8 Å². The van der Waals surface area contributed by atoms with Crippen LogP contribution in [0.15, 0.2) is 26.7 Å². The molecule has 23 heavy (non-hydrogen) atoms. The maximum absolute atomic E-state index is 12.2. The molecule has 2 aromatic heterocycles. The molecule has 1 unspecified atom stereocenters. The third-order valence-electron chi connectivity index (χ3n) is 3.31. The van der Waals surface area contributed by atoms with Crippen LogP contribution in [0.1, 0.15) is 6.92 Å². The van der Waals surface area contributed by atoms with Crippen LogP contribution in [0.25, 0.3) is 11.0 Å². The number of hydrogen-bond acceptors (Lipinski definition) is 6. The molecule has 0 fully saturated rings. The van der Waals surface area contributed by atoms with Gasteiger partial charge < -0.3 is 5.32 Å². The number of aromatic nitrogens is 3. The smallest absolute Gasteiger partial charge is 0.316 e. The largest absolute Gasteiger partial charge is 0.329 e. The topological polar surface area (TPSA) is 126 Å². The first-order chi connectivity index (χ1) is 10.3. The fraction of sp³-hybridized carbons (Fsp3) is 0.417. The van der Waals surface area contributed by atoms with Gasteiger partial charge in [-0.15, -0.1) is 12.4 Å². The van der Waals surface area contributed by atoms with Gasteiger partial charge in [-0.1, -0.05) is 0 Å². The summed E-state index contributed by atoms with van der Waals surface area (Å²) in [5.41, 5.74) is -1.16. The molecule has 2 aromatic rings. The average molecular weight is 364 g/mol. The van der Waals surface area contributed by atoms with Crippen molar-refractivity contribution in [1.82, 2.24) is 24.6 Å². The fourth-order valence-corrected chi connectivity index (χ4v) is 2.88. The number of rotatable bonds is 5. The molecule has 0 aliphatic carbocycles. The van der Waals surface area contributed by atoms with E-state index < -0.39 is 21.3 Å². The van der Waals surface area contributed by atoms with E-state index in [4.69, 9.17) is 0 Å². The lowest BCUT2D eigenvalue weighted by molar-refractivity contribution is 0.554. The summed E-state index contributed by atoms with van der Waals surface area (Å²) in [7, 11) is -0.631. The van der Waals surface area contributed by atoms with Gasteiger partial charge in [-0.05, 0) is 20.0 Å². The maximum atomic E-state index is 12.2. The van der Waals surface area contributed by atoms with E-state index in [-0.39, 0.29) is 40.9 Å². The van der Waals surface area contributed by atoms with Crippen LogP contribution in [0, 0.1) is 0 Å². The van der Waals surface area contributed by atoms with E-state index in [0.29, 0.717) is 0 Å². The summed E-state index contributed by atoms with van der Waals surface area (Å²) in [5.74, 6) is 0. The summed E-state index contributed by atoms with van der Waals surface area (Å²) < 4.78 is 28.0. The summed E-state index contributed by atoms with van der Waals surface area (Å²) in [6.45, 7) is 2.02. The molecule has 2 heterocycles. The van der Waals surface area contributed by atoms with Crippen molar-refractivity contribution >= 4 is 33.5 Å². The molecule has 0 aliphatic rings. The van der Waals surface area contributed by atoms with E-state index in [1.54, 1.807) is 7.05 Å². The quantitative estimate of drug-likeness (QED) is 0.621. The summed E-state index contributed by atoms with van der Waals surface area (Å²) in [4.78, 5) is 29.2. The van der Waals surface area contributed by atoms with E-state index in [1.807, 2.05) is 6.92 Å². The van der Waals surface area contributed by atoms with Crippen LogP contribution in [0.4, 0.5) is 0 Å². The monoisotopic (exact) mass is 363 g/mol. The first kappa shape index (κ1) is 19.3. The third kappa shape index (κ3) is 3.96. The number of fused-ring (bicyclic) bond motifs is 1. The molecule has 0 aliphatic heterocycles. The number of pyridine rings is 1. The summed E-state index contributed by atoms with van der Waals surface area (Å²) >= 11 is 0. The number of likely N-dealkylation sites (N-methyl/N-ethyl adjacent to an activating group) is 1. The van der Waals surface area contributed by atoms with Gasteiger partial charge in [0.15, 0.2) is 0 Å². The third-order valence-corrected chi connectivity index (χ3v) is 4.70. The van der Waals surface area contributed by atoms with Crippen molar-refractivity contribution in [1.29, 1.82) is 0 Å². The van der Waals surface area contributed by atoms with Crippen molar-refractivity contribution in [3.05, 3.63) is 33.1 Å². The number of H-pyrrole nitrogens is 1. The second kappa shape index (κ2) is 7.21. The Morgan fingerprint density at radius 3 is 2.65 bits per heavy atom. The molecule has 3 N–H and O–H groups in total. The van der Waals surface area contributed by atoms with Crippen LogP contribution in [0.3, 0.4) is 0 Å². The Morgan fingerprint density at radius 2 is 2.04 bits per heavy atom. The Kier molecular flexibility index (Phi) is 6.05. The Balaban J connectivity index is 0.00000264. The number of nitrogens with one attached hydrogen (secondary N) is 3. The van der Waals surface area contributed by atoms with Crippen LogP contribution in [-0.4, -0.2) is 42.6 Å². The van der Waals surface area contributed by atoms with Crippen LogP contribution in [0.5, 0.6) is 0 Å². The maximum Gasteiger partial charge on any atom is 0.329 e. The summed E-state index contributed by atoms with van der Waals surface area (Å²) in [5, 5.41) is 2.94. The Hall–Kier alpha value is -1.75. The molecule has 128 valence electrons. The van der Waals surface area contributed by atoms with Crippen molar-refractivity contribution in [2.24, 2.45) is 7.05 Å². The van der Waals surface area contributed by atoms with Crippen molar-refractivity contribution in [2.75, 3.05) is 13.6 Å². The molecular weight excluding hydrogens is 346 g/mol. The summed E-state index contributed by atoms with van der Waals surface area (Å²) in [6.07, 6.45) is 1.12. The van der Waals surface area contributed by atoms with E-state index in [0.717, 1.165) is 10.8 Å². The Labute approximate surface area is 138 Å². The molecule has 9 nitrogen and oxygen atoms in total. The molecule has 0 bridgehead atoms. The lowest BCUT2D eigenvalue weighted by atomic mass is 10.3. The van der Waals surface area contributed by atoms with Gasteiger partial charge in [-0.2, -0.15) is 0 Å². The second-order valence-electron chi connectivity index (χ2n) is 4.90. The lowest BCUT2D eigenvalue weighted by Crippen LogP contribution is -2.37. The molecule has 1 atom stereocenters. The second-order valence-corrected chi connectivity index (χ2v) is 6.67. The van der Waals surface area contributed by atoms with Crippen LogP contribution >= 0.6 is 12.4 Å². The van der Waals surface area contributed by atoms with Gasteiger partial charge >= 0.3 is 5.69 Å². The number of halogens is 1. The predicted octanol–water partition coefficient (Wildman–Crippen LogP) is -1.07. The molecule has 0 spiro atoms. The molecule has 0 amide bonds. The van der Waals surface area contributed by atoms with Gasteiger partial charge in [0.05, 0.1) is 5.39 Å². The molecular formula is C12H18ClN5O4S. The minimum Gasteiger partial charge on any atom is -0.316 e. The minimum atomic E-state index is -3.79. The standard InChI is InChI=1S/C12H17N5O4S.ClH/c1-7(13-2)5-15-22(20,21)8-4-9-10(14-6-8)17(3)12(19)16-11(9)18;/h4,6-7,13,15H,5H2,1-3H3,(H,16,18,19);1H. The van der Waals surface area contributed by atoms with Gasteiger partial charge in [-0.25, -0.2) is 22.9 Å². The van der Waals surface area contributed by atoms with E-state index in [1.165, 1.54) is 13.1 Å². The van der Waals surface area contributed by atoms with Crippen LogP contribution < -0.4 is 21.3 Å². The number of nitrogens with zero attached hydrogens (tertiary/aromatic N) is 2. The predicted molar refractivity (Wildman–Crippen MR) is 88.6 cm³/mol. The number of aryl methyl sites for hydroxylation is 1. The zero-order valence-corrected chi connectivity index (χ0v) is 14.4. The number of hydrogen-bond donors (Lipinski definition) is 3. The first-order valence-corrected chi connectivity index (χ1v) is 8.00. The highest BCUT2D eigenvalue weighted by atomic mass is 35.5. The van der Waals surface area contributed by atoms with Gasteiger partial charge in [-0.3, -0.25) is 14.3 Å². The van der Waals surface area contributed by atoms with Crippen molar-refractivity contribution in [3.63, 3.8) is 0 Å². The van der Waals surface area contributed by atoms with E-state index >= 15 is 0 Å². The highest BCUT2D eigenvalue weighted by Gasteiger charge is 2.17. The van der Waals surface area contributed by atoms with E-state index in [2.05, 4.69) is 20.0 Å². The highest BCUT2D eigenvalue weighted by Crippen LogP contribution is 2.12. The number of sulfonamides is 1. The molecule has 0 radical (unpaired) electrons. The average Bonchev–Trinajstić information content (AvgIpc) is 2.50. The minimum absolute atomic E-state index is 0. The molecule has 0 saturated heterocycles. The Bertz CT molecular complexity index is 921. The Morgan fingerprint density at radius 1 is 1.39 bits per heavy atom. The zero-order valence-electron chi connectivity index (χ0n) is 12.8. The molecule has 2 rings (SSSR count). The highest BCUT2D eigenvalue weighted by molar-refractivity contribution is 7.89. The van der Waals surface area contributed by atoms with Crippen LogP contribution in [-0.2, 0) is 17.1 Å². The van der Waals surface area contributed by atoms with Crippen molar-refractivity contribution in [2.45, 2.75) is 17.9 Å². The fourth-order valence-electron chi connectivity index (χ4n) is 1.78. The van der Waals surface area contributed by atoms with Crippen LogP contribution in [0.2, 0.25) is 0 Å². The van der Waals surface area contributed by atoms with Gasteiger partial charge in [0.2, 0.25) is 10.0 Å². The zero-order chi connectivity index (χ0) is 16.5. The summed E-state index contributed by atoms with van der Waals surface area (Å²) in [6, 6.07) is 1.15. The molecule has 11 heteroatoms. The van der Waals surface area contributed by atoms with Gasteiger partial charge in [0.25, 0.3) is 5.56 Å². The number of aromatic amines is 1. The van der Waals surface area contributed by atoms with Gasteiger partial charge in [0.1, 0.15) is 10.5 Å². The molecule has 0 aromatic carbocycles. The van der Waals surface area contributed by atoms with E-state index in [9.17, 15) is 18.0 Å². The van der Waals surface area contributed by atoms with Crippen molar-refractivity contribution in [3.8, 4) is 0 Å². The van der Waals surface area contributed by atoms with Crippen molar-refractivity contribution < 1.29 is 8.42 Å².